The predicted molar refractivity (Wildman–Crippen MR) is 111 cm³/mol. The number of aliphatic hydroxyl groups excluding tert-OH is 2. The van der Waals surface area contributed by atoms with Crippen molar-refractivity contribution in [2.45, 2.75) is 51.0 Å². The van der Waals surface area contributed by atoms with Crippen LogP contribution in [0.25, 0.3) is 0 Å². The largest absolute Gasteiger partial charge is 0.469 e. The molecule has 13 heteroatoms. The Morgan fingerprint density at radius 1 is 1.39 bits per heavy atom. The smallest absolute Gasteiger partial charge is 0.351 e. The van der Waals surface area contributed by atoms with Crippen LogP contribution in [0.2, 0.25) is 0 Å². The van der Waals surface area contributed by atoms with Gasteiger partial charge in [-0.05, 0) is 0 Å². The van der Waals surface area contributed by atoms with Crippen molar-refractivity contribution in [1.82, 2.24) is 14.6 Å². The molecule has 1 aliphatic heterocycles. The van der Waals surface area contributed by atoms with E-state index in [1.807, 2.05) is 0 Å². The zero-order valence-corrected chi connectivity index (χ0v) is 18.2. The summed E-state index contributed by atoms with van der Waals surface area (Å²) in [5.41, 5.74) is 5.27. The Hall–Kier alpha value is -3.47. The molecular weight excluding hydrogens is 440 g/mol. The molecule has 1 aromatic rings. The maximum atomic E-state index is 12.2. The number of hydroxylamine groups is 2. The number of aromatic nitrogens is 2. The number of nitrogen functional groups attached to an aromatic ring is 1. The summed E-state index contributed by atoms with van der Waals surface area (Å²) in [5.74, 6) is 3.48. The van der Waals surface area contributed by atoms with Crippen molar-refractivity contribution in [1.29, 1.82) is 0 Å². The SMILES string of the molecule is COC(=O)CCC(=O)N(CCC#Cc1cn([C@H]2C[C@H](O)[C@@H](CO)O2)c(=O)nc1N)OC(C)=O. The number of nitrogens with zero attached hydrogens (tertiary/aromatic N) is 3. The molecule has 0 bridgehead atoms. The van der Waals surface area contributed by atoms with E-state index in [0.29, 0.717) is 0 Å². The number of aliphatic hydroxyl groups is 2. The highest BCUT2D eigenvalue weighted by Crippen LogP contribution is 2.27. The fraction of sp³-hybridized carbons (Fsp3) is 0.550. The number of hydrogen-bond acceptors (Lipinski definition) is 11. The van der Waals surface area contributed by atoms with Crippen LogP contribution in [0.3, 0.4) is 0 Å². The maximum absolute atomic E-state index is 12.2. The molecule has 180 valence electrons. The minimum Gasteiger partial charge on any atom is -0.469 e. The Bertz CT molecular complexity index is 997. The average molecular weight is 466 g/mol. The van der Waals surface area contributed by atoms with Crippen LogP contribution < -0.4 is 11.4 Å². The number of hydrogen-bond donors (Lipinski definition) is 3. The monoisotopic (exact) mass is 466 g/mol. The summed E-state index contributed by atoms with van der Waals surface area (Å²) in [6, 6.07) is 0. The second-order valence-corrected chi connectivity index (χ2v) is 7.05. The zero-order chi connectivity index (χ0) is 24.5. The van der Waals surface area contributed by atoms with Gasteiger partial charge in [0.1, 0.15) is 18.1 Å². The summed E-state index contributed by atoms with van der Waals surface area (Å²) < 4.78 is 11.1. The Balaban J connectivity index is 2.08. The molecule has 1 fully saturated rings. The average Bonchev–Trinajstić information content (AvgIpc) is 3.14. The first-order valence-electron chi connectivity index (χ1n) is 10.0. The molecule has 1 aliphatic rings. The van der Waals surface area contributed by atoms with E-state index < -0.39 is 48.6 Å². The number of nitrogens with two attached hydrogens (primary N) is 1. The van der Waals surface area contributed by atoms with Crippen molar-refractivity contribution in [3.8, 4) is 11.8 Å². The zero-order valence-electron chi connectivity index (χ0n) is 18.2. The van der Waals surface area contributed by atoms with E-state index in [-0.39, 0.29) is 43.6 Å². The fourth-order valence-corrected chi connectivity index (χ4v) is 2.96. The van der Waals surface area contributed by atoms with Gasteiger partial charge in [-0.1, -0.05) is 11.8 Å². The highest BCUT2D eigenvalue weighted by Gasteiger charge is 2.35. The number of carbonyl (C=O) groups excluding carboxylic acids is 3. The van der Waals surface area contributed by atoms with Crippen LogP contribution in [0.15, 0.2) is 11.0 Å². The van der Waals surface area contributed by atoms with Gasteiger partial charge >= 0.3 is 17.6 Å². The molecule has 0 saturated carbocycles. The molecule has 4 N–H and O–H groups in total. The van der Waals surface area contributed by atoms with Gasteiger partial charge in [-0.3, -0.25) is 19.0 Å². The van der Waals surface area contributed by atoms with Crippen LogP contribution in [-0.4, -0.2) is 75.1 Å². The van der Waals surface area contributed by atoms with Gasteiger partial charge < -0.3 is 30.3 Å². The Kier molecular flexibility index (Phi) is 9.34. The number of anilines is 1. The molecule has 0 unspecified atom stereocenters. The third-order valence-electron chi connectivity index (χ3n) is 4.63. The minimum atomic E-state index is -0.942. The first-order valence-corrected chi connectivity index (χ1v) is 10.0. The summed E-state index contributed by atoms with van der Waals surface area (Å²) in [6.07, 6.45) is -1.50. The molecule has 13 nitrogen and oxygen atoms in total. The van der Waals surface area contributed by atoms with Gasteiger partial charge in [0.15, 0.2) is 0 Å². The van der Waals surface area contributed by atoms with Gasteiger partial charge in [0, 0.05) is 32.4 Å². The van der Waals surface area contributed by atoms with Crippen molar-refractivity contribution >= 4 is 23.7 Å². The minimum absolute atomic E-state index is 0.0705. The first kappa shape index (κ1) is 25.8. The lowest BCUT2D eigenvalue weighted by molar-refractivity contribution is -0.196. The third-order valence-corrected chi connectivity index (χ3v) is 4.63. The number of amides is 1. The van der Waals surface area contributed by atoms with Crippen LogP contribution in [-0.2, 0) is 28.7 Å². The van der Waals surface area contributed by atoms with E-state index in [1.54, 1.807) is 0 Å². The molecular formula is C20H26N4O9. The van der Waals surface area contributed by atoms with Gasteiger partial charge in [0.2, 0.25) is 0 Å². The molecule has 1 saturated heterocycles. The van der Waals surface area contributed by atoms with E-state index in [2.05, 4.69) is 21.6 Å². The van der Waals surface area contributed by atoms with Crippen molar-refractivity contribution in [3.05, 3.63) is 22.2 Å². The highest BCUT2D eigenvalue weighted by atomic mass is 16.7. The first-order chi connectivity index (χ1) is 15.7. The van der Waals surface area contributed by atoms with Crippen LogP contribution in [0.5, 0.6) is 0 Å². The molecule has 3 atom stereocenters. The van der Waals surface area contributed by atoms with E-state index in [4.69, 9.17) is 15.3 Å². The topological polar surface area (TPSA) is 184 Å². The molecule has 0 radical (unpaired) electrons. The molecule has 33 heavy (non-hydrogen) atoms. The standard InChI is InChI=1S/C20H26N4O9/c1-12(26)33-24(16(28)6-7-18(29)31-2)8-4-3-5-13-10-23(20(30)22-19(13)21)17-9-14(27)15(11-25)32-17/h10,14-15,17,25,27H,4,6-9,11H2,1-2H3,(H2,21,22,30)/t14-,15+,17+/m0/s1. The van der Waals surface area contributed by atoms with Gasteiger partial charge in [0.25, 0.3) is 5.91 Å². The van der Waals surface area contributed by atoms with Gasteiger partial charge in [-0.25, -0.2) is 4.79 Å². The van der Waals surface area contributed by atoms with Gasteiger partial charge in [-0.2, -0.15) is 10.0 Å². The van der Waals surface area contributed by atoms with Gasteiger partial charge in [-0.15, -0.1) is 0 Å². The van der Waals surface area contributed by atoms with Crippen LogP contribution in [0.4, 0.5) is 5.82 Å². The number of rotatable bonds is 7. The van der Waals surface area contributed by atoms with E-state index in [9.17, 15) is 29.4 Å². The summed E-state index contributed by atoms with van der Waals surface area (Å²) in [7, 11) is 1.20. The number of methoxy groups -OCH3 is 1. The normalized spacial score (nSPS) is 19.3. The van der Waals surface area contributed by atoms with E-state index in [0.717, 1.165) is 16.6 Å². The van der Waals surface area contributed by atoms with Crippen molar-refractivity contribution in [3.63, 3.8) is 0 Å². The van der Waals surface area contributed by atoms with E-state index in [1.165, 1.54) is 13.3 Å². The van der Waals surface area contributed by atoms with Gasteiger partial charge in [0.05, 0.1) is 38.3 Å². The molecule has 1 amide bonds. The summed E-state index contributed by atoms with van der Waals surface area (Å²) in [6.45, 7) is 0.652. The number of carbonyl (C=O) groups is 3. The molecule has 2 heterocycles. The summed E-state index contributed by atoms with van der Waals surface area (Å²) in [5, 5.41) is 19.9. The molecule has 1 aromatic heterocycles. The second kappa shape index (κ2) is 12.0. The molecule has 0 aromatic carbocycles. The predicted octanol–water partition coefficient (Wildman–Crippen LogP) is -1.53. The summed E-state index contributed by atoms with van der Waals surface area (Å²) >= 11 is 0. The van der Waals surface area contributed by atoms with Crippen LogP contribution >= 0.6 is 0 Å². The lowest BCUT2D eigenvalue weighted by Gasteiger charge is -2.19. The lowest BCUT2D eigenvalue weighted by atomic mass is 10.2. The second-order valence-electron chi connectivity index (χ2n) is 7.05. The Morgan fingerprint density at radius 3 is 2.73 bits per heavy atom. The quantitative estimate of drug-likeness (QED) is 0.241. The molecule has 0 aliphatic carbocycles. The molecule has 0 spiro atoms. The summed E-state index contributed by atoms with van der Waals surface area (Å²) in [4.78, 5) is 55.4. The van der Waals surface area contributed by atoms with Crippen molar-refractivity contribution in [2.24, 2.45) is 0 Å². The molecule has 2 rings (SSSR count). The lowest BCUT2D eigenvalue weighted by Crippen LogP contribution is -2.34. The van der Waals surface area contributed by atoms with E-state index >= 15 is 0 Å². The Morgan fingerprint density at radius 2 is 2.12 bits per heavy atom. The number of ether oxygens (including phenoxy) is 2. The highest BCUT2D eigenvalue weighted by molar-refractivity contribution is 5.81. The van der Waals surface area contributed by atoms with Crippen molar-refractivity contribution < 1.29 is 38.9 Å². The van der Waals surface area contributed by atoms with Crippen LogP contribution in [0.1, 0.15) is 44.4 Å². The third kappa shape index (κ3) is 7.28. The van der Waals surface area contributed by atoms with Crippen LogP contribution in [0, 0.1) is 11.8 Å². The number of esters is 1. The maximum Gasteiger partial charge on any atom is 0.351 e. The fourth-order valence-electron chi connectivity index (χ4n) is 2.96. The van der Waals surface area contributed by atoms with Crippen molar-refractivity contribution in [2.75, 3.05) is 26.0 Å². The Labute approximate surface area is 189 Å².